The monoisotopic (exact) mass is 237 g/mol. The van der Waals surface area contributed by atoms with Crippen LogP contribution in [0.1, 0.15) is 6.42 Å². The Labute approximate surface area is 71.9 Å². The van der Waals surface area contributed by atoms with Gasteiger partial charge < -0.3 is 24.8 Å². The molecule has 1 aliphatic carbocycles. The Morgan fingerprint density at radius 1 is 1.38 bits per heavy atom. The zero-order valence-electron chi connectivity index (χ0n) is 4.05. The van der Waals surface area contributed by atoms with E-state index in [1.807, 2.05) is 0 Å². The maximum atomic E-state index is 2.59. The number of hydrogen-bond donors (Lipinski definition) is 0. The molecule has 0 bridgehead atoms. The first-order valence-corrected chi connectivity index (χ1v) is 2.76. The average Bonchev–Trinajstić information content (AvgIpc) is 1.86. The van der Waals surface area contributed by atoms with E-state index in [-0.39, 0.29) is 24.8 Å². The maximum absolute atomic E-state index is 2.59. The van der Waals surface area contributed by atoms with Gasteiger partial charge in [-0.15, -0.1) is 0 Å². The van der Waals surface area contributed by atoms with Crippen LogP contribution in [0, 0.1) is 0 Å². The molecular formula is C5H5Cl2Ru. The first-order valence-electron chi connectivity index (χ1n) is 1.89. The van der Waals surface area contributed by atoms with Crippen molar-refractivity contribution < 1.29 is 43.1 Å². The van der Waals surface area contributed by atoms with Crippen molar-refractivity contribution in [3.8, 4) is 0 Å². The molecule has 0 unspecified atom stereocenters. The molecule has 8 heavy (non-hydrogen) atoms. The van der Waals surface area contributed by atoms with E-state index in [0.717, 1.165) is 6.42 Å². The second kappa shape index (κ2) is 5.81. The van der Waals surface area contributed by atoms with Crippen LogP contribution in [0.2, 0.25) is 0 Å². The first-order chi connectivity index (χ1) is 2.89. The fourth-order valence-corrected chi connectivity index (χ4v) is 0.788. The van der Waals surface area contributed by atoms with Gasteiger partial charge in [0.15, 0.2) is 0 Å². The number of hydrogen-bond acceptors (Lipinski definition) is 0. The zero-order chi connectivity index (χ0) is 4.41. The molecule has 0 saturated carbocycles. The van der Waals surface area contributed by atoms with Crippen LogP contribution in [0.25, 0.3) is 0 Å². The summed E-state index contributed by atoms with van der Waals surface area (Å²) in [6.07, 6.45) is 7.46. The molecule has 47 valence electrons. The molecule has 0 nitrogen and oxygen atoms in total. The summed E-state index contributed by atoms with van der Waals surface area (Å²) < 4.78 is 1.40. The van der Waals surface area contributed by atoms with Gasteiger partial charge in [0.1, 0.15) is 0 Å². The minimum absolute atomic E-state index is 0. The molecule has 0 heterocycles. The Hall–Kier alpha value is 0.683. The molecule has 0 spiro atoms. The Balaban J connectivity index is 0. The average molecular weight is 237 g/mol. The second-order valence-corrected chi connectivity index (χ2v) is 2.35. The van der Waals surface area contributed by atoms with Crippen molar-refractivity contribution in [2.45, 2.75) is 6.42 Å². The van der Waals surface area contributed by atoms with Crippen molar-refractivity contribution in [1.29, 1.82) is 0 Å². The zero-order valence-corrected chi connectivity index (χ0v) is 7.30. The second-order valence-electron chi connectivity index (χ2n) is 1.23. The van der Waals surface area contributed by atoms with Crippen LogP contribution in [0.4, 0.5) is 0 Å². The molecule has 0 aliphatic heterocycles. The standard InChI is InChI=1S/C5H5.2ClH.Ru/c1-2-4-5-3-1;;;/h1-3H,4H2;2*1H;/q;;;+2/p-2. The van der Waals surface area contributed by atoms with Crippen molar-refractivity contribution in [2.24, 2.45) is 0 Å². The van der Waals surface area contributed by atoms with E-state index in [1.165, 1.54) is 4.17 Å². The quantitative estimate of drug-likeness (QED) is 0.372. The van der Waals surface area contributed by atoms with E-state index in [9.17, 15) is 0 Å². The molecule has 0 radical (unpaired) electrons. The molecule has 1 aliphatic rings. The predicted octanol–water partition coefficient (Wildman–Crippen LogP) is -4.61. The summed E-state index contributed by atoms with van der Waals surface area (Å²) in [6.45, 7) is 0. The predicted molar refractivity (Wildman–Crippen MR) is 21.8 cm³/mol. The molecule has 3 heteroatoms. The van der Waals surface area contributed by atoms with E-state index < -0.39 is 0 Å². The van der Waals surface area contributed by atoms with Crippen LogP contribution in [0.5, 0.6) is 0 Å². The number of allylic oxidation sites excluding steroid dienone is 4. The molecule has 0 N–H and O–H groups in total. The molecule has 0 saturated heterocycles. The molecule has 0 amide bonds. The van der Waals surface area contributed by atoms with Crippen molar-refractivity contribution in [2.75, 3.05) is 0 Å². The van der Waals surface area contributed by atoms with Crippen LogP contribution in [0.3, 0.4) is 0 Å². The van der Waals surface area contributed by atoms with Crippen molar-refractivity contribution in [3.63, 3.8) is 0 Å². The Kier molecular flexibility index (Phi) is 8.34. The fraction of sp³-hybridized carbons (Fsp3) is 0.200. The minimum atomic E-state index is 0. The van der Waals surface area contributed by atoms with Crippen LogP contribution in [-0.2, 0) is 18.3 Å². The fourth-order valence-electron chi connectivity index (χ4n) is 0.416. The van der Waals surface area contributed by atoms with Crippen LogP contribution >= 0.6 is 0 Å². The Morgan fingerprint density at radius 3 is 2.12 bits per heavy atom. The Morgan fingerprint density at radius 2 is 2.00 bits per heavy atom. The van der Waals surface area contributed by atoms with Crippen LogP contribution in [0.15, 0.2) is 22.4 Å². The summed E-state index contributed by atoms with van der Waals surface area (Å²) in [5.41, 5.74) is 0. The topological polar surface area (TPSA) is 0 Å². The number of halogens is 2. The van der Waals surface area contributed by atoms with E-state index in [2.05, 4.69) is 36.5 Å². The summed E-state index contributed by atoms with van der Waals surface area (Å²) in [6, 6.07) is 0. The molecule has 0 atom stereocenters. The van der Waals surface area contributed by atoms with Crippen LogP contribution in [-0.4, -0.2) is 0 Å². The van der Waals surface area contributed by atoms with Gasteiger partial charge in [0.2, 0.25) is 0 Å². The third-order valence-electron chi connectivity index (χ3n) is 0.717. The third kappa shape index (κ3) is 3.66. The van der Waals surface area contributed by atoms with Crippen molar-refractivity contribution in [1.82, 2.24) is 0 Å². The summed E-state index contributed by atoms with van der Waals surface area (Å²) in [5.74, 6) is 0. The third-order valence-corrected chi connectivity index (χ3v) is 1.36. The van der Waals surface area contributed by atoms with Crippen molar-refractivity contribution >= 4 is 0 Å². The van der Waals surface area contributed by atoms with Gasteiger partial charge in [-0.3, -0.25) is 0 Å². The van der Waals surface area contributed by atoms with Crippen LogP contribution < -0.4 is 24.8 Å². The SMILES string of the molecule is [Cl-].[Cl-].[Ru+2][C]1=CC=CC1. The van der Waals surface area contributed by atoms with Gasteiger partial charge in [0.05, 0.1) is 0 Å². The summed E-state index contributed by atoms with van der Waals surface area (Å²) >= 11 is 2.59. The van der Waals surface area contributed by atoms with Gasteiger partial charge >= 0.3 is 47.1 Å². The van der Waals surface area contributed by atoms with Gasteiger partial charge in [-0.1, -0.05) is 0 Å². The molecule has 0 fully saturated rings. The van der Waals surface area contributed by atoms with Gasteiger partial charge in [0.25, 0.3) is 0 Å². The molecule has 0 aromatic heterocycles. The molecular weight excluding hydrogens is 232 g/mol. The summed E-state index contributed by atoms with van der Waals surface area (Å²) in [4.78, 5) is 0. The van der Waals surface area contributed by atoms with E-state index in [1.54, 1.807) is 0 Å². The van der Waals surface area contributed by atoms with E-state index in [0.29, 0.717) is 0 Å². The van der Waals surface area contributed by atoms with Crippen molar-refractivity contribution in [3.05, 3.63) is 22.4 Å². The Bertz CT molecular complexity index is 107. The first kappa shape index (κ1) is 11.5. The number of rotatable bonds is 0. The molecule has 0 aromatic carbocycles. The normalized spacial score (nSPS) is 13.8. The summed E-state index contributed by atoms with van der Waals surface area (Å²) in [5, 5.41) is 0. The van der Waals surface area contributed by atoms with Gasteiger partial charge in [-0.25, -0.2) is 0 Å². The van der Waals surface area contributed by atoms with E-state index in [4.69, 9.17) is 0 Å². The van der Waals surface area contributed by atoms with Gasteiger partial charge in [-0.2, -0.15) is 0 Å². The van der Waals surface area contributed by atoms with Gasteiger partial charge in [0, 0.05) is 0 Å². The molecule has 1 rings (SSSR count). The van der Waals surface area contributed by atoms with E-state index >= 15 is 0 Å². The molecule has 0 aromatic rings. The summed E-state index contributed by atoms with van der Waals surface area (Å²) in [7, 11) is 0. The van der Waals surface area contributed by atoms with Gasteiger partial charge in [-0.05, 0) is 0 Å².